The number of carboxylic acid groups (broad SMARTS) is 1. The molecular weight excluding hydrogens is 392 g/mol. The molecule has 2 aromatic rings. The lowest BCUT2D eigenvalue weighted by Crippen LogP contribution is -2.36. The average molecular weight is 410 g/mol. The van der Waals surface area contributed by atoms with Gasteiger partial charge in [0.25, 0.3) is 11.1 Å². The van der Waals surface area contributed by atoms with Crippen molar-refractivity contribution in [3.8, 4) is 0 Å². The number of carbonyl (C=O) groups is 4. The van der Waals surface area contributed by atoms with Crippen molar-refractivity contribution in [1.29, 1.82) is 0 Å². The number of aromatic carboxylic acids is 1. The molecule has 0 aliphatic carbocycles. The van der Waals surface area contributed by atoms with E-state index in [2.05, 4.69) is 5.32 Å². The zero-order chi connectivity index (χ0) is 21.1. The van der Waals surface area contributed by atoms with Gasteiger partial charge in [-0.05, 0) is 72.6 Å². The van der Waals surface area contributed by atoms with E-state index in [-0.39, 0.29) is 10.5 Å². The fourth-order valence-electron chi connectivity index (χ4n) is 2.71. The number of nitrogens with one attached hydrogen (secondary N) is 1. The minimum absolute atomic E-state index is 0.0748. The molecule has 1 saturated heterocycles. The molecule has 2 N–H and O–H groups in total. The first-order chi connectivity index (χ1) is 13.7. The molecule has 8 heteroatoms. The number of hydrogen-bond acceptors (Lipinski definition) is 5. The summed E-state index contributed by atoms with van der Waals surface area (Å²) in [6.07, 6.45) is 1.44. The number of carbonyl (C=O) groups excluding carboxylic acids is 3. The van der Waals surface area contributed by atoms with E-state index in [1.807, 2.05) is 26.0 Å². The van der Waals surface area contributed by atoms with Crippen LogP contribution >= 0.6 is 11.8 Å². The number of carboxylic acids is 1. The number of aryl methyl sites for hydroxylation is 2. The molecule has 1 fully saturated rings. The van der Waals surface area contributed by atoms with Crippen LogP contribution in [-0.2, 0) is 9.59 Å². The van der Waals surface area contributed by atoms with Gasteiger partial charge in [0.2, 0.25) is 5.91 Å². The zero-order valence-corrected chi connectivity index (χ0v) is 16.6. The first kappa shape index (κ1) is 20.3. The minimum atomic E-state index is -1.09. The molecule has 0 aromatic heterocycles. The van der Waals surface area contributed by atoms with E-state index in [4.69, 9.17) is 5.11 Å². The number of benzene rings is 2. The van der Waals surface area contributed by atoms with Gasteiger partial charge >= 0.3 is 5.97 Å². The number of thioether (sulfide) groups is 1. The summed E-state index contributed by atoms with van der Waals surface area (Å²) in [5.41, 5.74) is 3.25. The van der Waals surface area contributed by atoms with Crippen LogP contribution in [0.1, 0.15) is 27.0 Å². The molecule has 2 aromatic carbocycles. The Morgan fingerprint density at radius 1 is 1.10 bits per heavy atom. The predicted octanol–water partition coefficient (Wildman–Crippen LogP) is 3.68. The summed E-state index contributed by atoms with van der Waals surface area (Å²) in [4.78, 5) is 49.1. The van der Waals surface area contributed by atoms with Crippen LogP contribution in [0, 0.1) is 13.8 Å². The Balaban J connectivity index is 1.71. The molecule has 0 spiro atoms. The van der Waals surface area contributed by atoms with Crippen molar-refractivity contribution in [2.75, 3.05) is 11.9 Å². The molecule has 0 bridgehead atoms. The van der Waals surface area contributed by atoms with Gasteiger partial charge in [0.15, 0.2) is 0 Å². The Bertz CT molecular complexity index is 1060. The zero-order valence-electron chi connectivity index (χ0n) is 15.8. The third kappa shape index (κ3) is 4.72. The highest BCUT2D eigenvalue weighted by Gasteiger charge is 2.36. The van der Waals surface area contributed by atoms with Crippen LogP contribution in [-0.4, -0.2) is 39.6 Å². The van der Waals surface area contributed by atoms with Crippen molar-refractivity contribution in [1.82, 2.24) is 4.90 Å². The molecule has 1 heterocycles. The number of nitrogens with zero attached hydrogens (tertiary/aromatic N) is 1. The Kier molecular flexibility index (Phi) is 5.84. The van der Waals surface area contributed by atoms with E-state index in [9.17, 15) is 19.2 Å². The molecular formula is C21H18N2O5S. The van der Waals surface area contributed by atoms with Crippen molar-refractivity contribution in [3.05, 3.63) is 69.6 Å². The third-order valence-electron chi connectivity index (χ3n) is 4.40. The second-order valence-corrected chi connectivity index (χ2v) is 7.54. The van der Waals surface area contributed by atoms with Crippen molar-refractivity contribution in [3.63, 3.8) is 0 Å². The van der Waals surface area contributed by atoms with Crippen LogP contribution in [0.2, 0.25) is 0 Å². The highest BCUT2D eigenvalue weighted by molar-refractivity contribution is 8.18. The summed E-state index contributed by atoms with van der Waals surface area (Å²) in [6.45, 7) is 3.48. The van der Waals surface area contributed by atoms with E-state index < -0.39 is 29.6 Å². The molecule has 148 valence electrons. The third-order valence-corrected chi connectivity index (χ3v) is 5.30. The van der Waals surface area contributed by atoms with Crippen LogP contribution in [0.5, 0.6) is 0 Å². The van der Waals surface area contributed by atoms with Crippen LogP contribution < -0.4 is 5.32 Å². The molecule has 0 atom stereocenters. The maximum atomic E-state index is 12.5. The van der Waals surface area contributed by atoms with Crippen molar-refractivity contribution >= 4 is 46.5 Å². The fraction of sp³-hybridized carbons (Fsp3) is 0.143. The lowest BCUT2D eigenvalue weighted by Gasteiger charge is -2.13. The van der Waals surface area contributed by atoms with Gasteiger partial charge in [-0.15, -0.1) is 0 Å². The van der Waals surface area contributed by atoms with Gasteiger partial charge in [-0.25, -0.2) is 4.79 Å². The smallest absolute Gasteiger partial charge is 0.335 e. The molecule has 7 nitrogen and oxygen atoms in total. The number of anilines is 1. The second kappa shape index (κ2) is 8.32. The molecule has 0 radical (unpaired) electrons. The lowest BCUT2D eigenvalue weighted by molar-refractivity contribution is -0.127. The Morgan fingerprint density at radius 3 is 2.55 bits per heavy atom. The normalized spacial score (nSPS) is 15.1. The van der Waals surface area contributed by atoms with Crippen LogP contribution in [0.3, 0.4) is 0 Å². The van der Waals surface area contributed by atoms with Crippen LogP contribution in [0.15, 0.2) is 47.4 Å². The first-order valence-corrected chi connectivity index (χ1v) is 9.52. The van der Waals surface area contributed by atoms with Crippen molar-refractivity contribution in [2.24, 2.45) is 0 Å². The molecule has 29 heavy (non-hydrogen) atoms. The van der Waals surface area contributed by atoms with E-state index in [1.165, 1.54) is 18.2 Å². The van der Waals surface area contributed by atoms with Gasteiger partial charge in [0, 0.05) is 5.69 Å². The standard InChI is InChI=1S/C21H18N2O5S/c1-12-6-7-16(8-13(12)2)22-18(24)11-23-19(25)17(29-21(23)28)10-14-4-3-5-15(9-14)20(26)27/h3-10H,11H2,1-2H3,(H,22,24)(H,26,27)/b17-10+. The van der Waals surface area contributed by atoms with Gasteiger partial charge in [-0.2, -0.15) is 0 Å². The topological polar surface area (TPSA) is 104 Å². The van der Waals surface area contributed by atoms with Crippen LogP contribution in [0.25, 0.3) is 6.08 Å². The first-order valence-electron chi connectivity index (χ1n) is 8.70. The SMILES string of the molecule is Cc1ccc(NC(=O)CN2C(=O)S/C(=C/c3cccc(C(=O)O)c3)C2=O)cc1C. The number of rotatable bonds is 5. The summed E-state index contributed by atoms with van der Waals surface area (Å²) < 4.78 is 0. The lowest BCUT2D eigenvalue weighted by atomic mass is 10.1. The summed E-state index contributed by atoms with van der Waals surface area (Å²) in [5.74, 6) is -2.16. The average Bonchev–Trinajstić information content (AvgIpc) is 2.92. The minimum Gasteiger partial charge on any atom is -0.478 e. The second-order valence-electron chi connectivity index (χ2n) is 6.55. The number of hydrogen-bond donors (Lipinski definition) is 2. The number of imide groups is 1. The molecule has 3 rings (SSSR count). The van der Waals surface area contributed by atoms with E-state index in [0.29, 0.717) is 23.0 Å². The quantitative estimate of drug-likeness (QED) is 0.729. The maximum absolute atomic E-state index is 12.5. The molecule has 1 aliphatic rings. The predicted molar refractivity (Wildman–Crippen MR) is 111 cm³/mol. The summed E-state index contributed by atoms with van der Waals surface area (Å²) in [7, 11) is 0. The molecule has 3 amide bonds. The summed E-state index contributed by atoms with van der Waals surface area (Å²) in [5, 5.41) is 11.2. The van der Waals surface area contributed by atoms with Gasteiger partial charge < -0.3 is 10.4 Å². The Hall–Kier alpha value is -3.39. The number of amides is 3. The van der Waals surface area contributed by atoms with Gasteiger partial charge in [0.05, 0.1) is 10.5 Å². The monoisotopic (exact) mass is 410 g/mol. The highest BCUT2D eigenvalue weighted by Crippen LogP contribution is 2.32. The van der Waals surface area contributed by atoms with Crippen molar-refractivity contribution < 1.29 is 24.3 Å². The highest BCUT2D eigenvalue weighted by atomic mass is 32.2. The van der Waals surface area contributed by atoms with E-state index in [0.717, 1.165) is 16.0 Å². The Morgan fingerprint density at radius 2 is 1.86 bits per heavy atom. The molecule has 0 unspecified atom stereocenters. The molecule has 0 saturated carbocycles. The van der Waals surface area contributed by atoms with Crippen molar-refractivity contribution in [2.45, 2.75) is 13.8 Å². The van der Waals surface area contributed by atoms with Gasteiger partial charge in [-0.3, -0.25) is 19.3 Å². The van der Waals surface area contributed by atoms with E-state index in [1.54, 1.807) is 18.2 Å². The fourth-order valence-corrected chi connectivity index (χ4v) is 3.55. The largest absolute Gasteiger partial charge is 0.478 e. The summed E-state index contributed by atoms with van der Waals surface area (Å²) >= 11 is 0.715. The van der Waals surface area contributed by atoms with Crippen LogP contribution in [0.4, 0.5) is 10.5 Å². The van der Waals surface area contributed by atoms with E-state index >= 15 is 0 Å². The van der Waals surface area contributed by atoms with Gasteiger partial charge in [0.1, 0.15) is 6.54 Å². The Labute approximate surface area is 171 Å². The molecule has 1 aliphatic heterocycles. The van der Waals surface area contributed by atoms with Gasteiger partial charge in [-0.1, -0.05) is 18.2 Å². The summed E-state index contributed by atoms with van der Waals surface area (Å²) in [6, 6.07) is 11.5. The maximum Gasteiger partial charge on any atom is 0.335 e.